The number of hydrogen-bond acceptors (Lipinski definition) is 2. The molecule has 0 amide bonds. The number of ether oxygens (including phenoxy) is 1. The van der Waals surface area contributed by atoms with Crippen LogP contribution in [-0.2, 0) is 17.6 Å². The molecular formula is C18H27NO. The Kier molecular flexibility index (Phi) is 4.74. The van der Waals surface area contributed by atoms with Crippen molar-refractivity contribution >= 4 is 0 Å². The van der Waals surface area contributed by atoms with Gasteiger partial charge in [0.25, 0.3) is 0 Å². The van der Waals surface area contributed by atoms with Gasteiger partial charge in [-0.2, -0.15) is 0 Å². The molecule has 2 nitrogen and oxygen atoms in total. The van der Waals surface area contributed by atoms with Crippen molar-refractivity contribution in [2.75, 3.05) is 6.61 Å². The number of rotatable bonds is 4. The van der Waals surface area contributed by atoms with Gasteiger partial charge in [-0.1, -0.05) is 18.2 Å². The number of fused-ring (bicyclic) bond motifs is 1. The molecule has 2 N–H and O–H groups in total. The fourth-order valence-electron chi connectivity index (χ4n) is 3.55. The molecule has 0 radical (unpaired) electrons. The molecule has 1 fully saturated rings. The molecule has 110 valence electrons. The van der Waals surface area contributed by atoms with E-state index in [-0.39, 0.29) is 6.04 Å². The molecule has 1 aliphatic heterocycles. The maximum absolute atomic E-state index is 6.39. The van der Waals surface area contributed by atoms with E-state index >= 15 is 0 Å². The fraction of sp³-hybridized carbons (Fsp3) is 0.667. The van der Waals surface area contributed by atoms with E-state index < -0.39 is 0 Å². The lowest BCUT2D eigenvalue weighted by Gasteiger charge is -2.24. The van der Waals surface area contributed by atoms with Crippen LogP contribution in [0.4, 0.5) is 0 Å². The molecule has 0 spiro atoms. The smallest absolute Gasteiger partial charge is 0.0575 e. The maximum Gasteiger partial charge on any atom is 0.0575 e. The van der Waals surface area contributed by atoms with Crippen molar-refractivity contribution in [2.24, 2.45) is 5.73 Å². The Bertz CT molecular complexity index is 437. The Morgan fingerprint density at radius 2 is 1.95 bits per heavy atom. The van der Waals surface area contributed by atoms with Crippen molar-refractivity contribution in [3.05, 3.63) is 34.9 Å². The van der Waals surface area contributed by atoms with Gasteiger partial charge in [0.1, 0.15) is 0 Å². The van der Waals surface area contributed by atoms with E-state index in [4.69, 9.17) is 10.5 Å². The minimum absolute atomic E-state index is 0.174. The SMILES string of the molecule is NC(CCC1CCCCO1)c1ccc2c(c1)CCCC2. The van der Waals surface area contributed by atoms with E-state index in [9.17, 15) is 0 Å². The number of aryl methyl sites for hydroxylation is 2. The van der Waals surface area contributed by atoms with Crippen LogP contribution in [0.15, 0.2) is 18.2 Å². The maximum atomic E-state index is 6.39. The summed E-state index contributed by atoms with van der Waals surface area (Å²) in [5, 5.41) is 0. The molecule has 3 rings (SSSR count). The van der Waals surface area contributed by atoms with Crippen molar-refractivity contribution in [1.29, 1.82) is 0 Å². The summed E-state index contributed by atoms with van der Waals surface area (Å²) in [4.78, 5) is 0. The highest BCUT2D eigenvalue weighted by Crippen LogP contribution is 2.27. The fourth-order valence-corrected chi connectivity index (χ4v) is 3.55. The van der Waals surface area contributed by atoms with Gasteiger partial charge in [-0.3, -0.25) is 0 Å². The molecule has 1 heterocycles. The van der Waals surface area contributed by atoms with Crippen LogP contribution in [0, 0.1) is 0 Å². The molecule has 0 saturated carbocycles. The van der Waals surface area contributed by atoms with Crippen molar-refractivity contribution in [3.63, 3.8) is 0 Å². The van der Waals surface area contributed by atoms with Gasteiger partial charge in [-0.25, -0.2) is 0 Å². The lowest BCUT2D eigenvalue weighted by atomic mass is 9.88. The normalized spacial score (nSPS) is 24.1. The molecule has 1 aromatic carbocycles. The highest BCUT2D eigenvalue weighted by Gasteiger charge is 2.17. The summed E-state index contributed by atoms with van der Waals surface area (Å²) in [7, 11) is 0. The lowest BCUT2D eigenvalue weighted by Crippen LogP contribution is -2.21. The first-order valence-electron chi connectivity index (χ1n) is 8.32. The molecule has 2 unspecified atom stereocenters. The van der Waals surface area contributed by atoms with Crippen LogP contribution < -0.4 is 5.73 Å². The standard InChI is InChI=1S/C18H27NO/c19-18(11-10-17-7-3-4-12-20-17)16-9-8-14-5-1-2-6-15(14)13-16/h8-9,13,17-18H,1-7,10-12,19H2. The average Bonchev–Trinajstić information content (AvgIpc) is 2.53. The zero-order valence-electron chi connectivity index (χ0n) is 12.4. The summed E-state index contributed by atoms with van der Waals surface area (Å²) >= 11 is 0. The monoisotopic (exact) mass is 273 g/mol. The zero-order chi connectivity index (χ0) is 13.8. The summed E-state index contributed by atoms with van der Waals surface area (Å²) in [5.74, 6) is 0. The Balaban J connectivity index is 1.57. The Labute approximate surface area is 122 Å². The summed E-state index contributed by atoms with van der Waals surface area (Å²) in [6, 6.07) is 7.09. The second-order valence-electron chi connectivity index (χ2n) is 6.41. The first-order chi connectivity index (χ1) is 9.83. The highest BCUT2D eigenvalue weighted by atomic mass is 16.5. The average molecular weight is 273 g/mol. The highest BCUT2D eigenvalue weighted by molar-refractivity contribution is 5.35. The van der Waals surface area contributed by atoms with Crippen LogP contribution in [-0.4, -0.2) is 12.7 Å². The predicted molar refractivity (Wildman–Crippen MR) is 82.8 cm³/mol. The third-order valence-electron chi connectivity index (χ3n) is 4.87. The molecular weight excluding hydrogens is 246 g/mol. The first-order valence-corrected chi connectivity index (χ1v) is 8.32. The van der Waals surface area contributed by atoms with Crippen LogP contribution in [0.3, 0.4) is 0 Å². The van der Waals surface area contributed by atoms with Crippen LogP contribution >= 0.6 is 0 Å². The van der Waals surface area contributed by atoms with Crippen LogP contribution in [0.25, 0.3) is 0 Å². The Morgan fingerprint density at radius 3 is 2.75 bits per heavy atom. The topological polar surface area (TPSA) is 35.2 Å². The Morgan fingerprint density at radius 1 is 1.10 bits per heavy atom. The number of hydrogen-bond donors (Lipinski definition) is 1. The van der Waals surface area contributed by atoms with Crippen molar-refractivity contribution in [3.8, 4) is 0 Å². The summed E-state index contributed by atoms with van der Waals surface area (Å²) in [6.45, 7) is 0.943. The van der Waals surface area contributed by atoms with Crippen molar-refractivity contribution < 1.29 is 4.74 Å². The van der Waals surface area contributed by atoms with E-state index in [1.165, 1.54) is 56.1 Å². The van der Waals surface area contributed by atoms with Crippen LogP contribution in [0.5, 0.6) is 0 Å². The molecule has 1 aliphatic carbocycles. The van der Waals surface area contributed by atoms with Gasteiger partial charge in [-0.05, 0) is 74.5 Å². The lowest BCUT2D eigenvalue weighted by molar-refractivity contribution is 0.00912. The van der Waals surface area contributed by atoms with E-state index in [1.807, 2.05) is 0 Å². The van der Waals surface area contributed by atoms with Gasteiger partial charge in [0.15, 0.2) is 0 Å². The number of benzene rings is 1. The van der Waals surface area contributed by atoms with Gasteiger partial charge < -0.3 is 10.5 Å². The van der Waals surface area contributed by atoms with Gasteiger partial charge in [0.05, 0.1) is 6.10 Å². The molecule has 0 bridgehead atoms. The van der Waals surface area contributed by atoms with Crippen LogP contribution in [0.2, 0.25) is 0 Å². The molecule has 1 saturated heterocycles. The van der Waals surface area contributed by atoms with Crippen molar-refractivity contribution in [1.82, 2.24) is 0 Å². The van der Waals surface area contributed by atoms with Gasteiger partial charge in [0, 0.05) is 12.6 Å². The quantitative estimate of drug-likeness (QED) is 0.902. The van der Waals surface area contributed by atoms with Gasteiger partial charge in [0.2, 0.25) is 0 Å². The third-order valence-corrected chi connectivity index (χ3v) is 4.87. The molecule has 2 heteroatoms. The second-order valence-corrected chi connectivity index (χ2v) is 6.41. The molecule has 1 aromatic rings. The summed E-state index contributed by atoms with van der Waals surface area (Å²) < 4.78 is 5.80. The van der Waals surface area contributed by atoms with E-state index in [0.29, 0.717) is 6.10 Å². The van der Waals surface area contributed by atoms with Gasteiger partial charge in [-0.15, -0.1) is 0 Å². The van der Waals surface area contributed by atoms with Gasteiger partial charge >= 0.3 is 0 Å². The third kappa shape index (κ3) is 3.42. The first kappa shape index (κ1) is 14.1. The summed E-state index contributed by atoms with van der Waals surface area (Å²) in [5.41, 5.74) is 10.8. The Hall–Kier alpha value is -0.860. The predicted octanol–water partition coefficient (Wildman–Crippen LogP) is 3.91. The molecule has 2 aliphatic rings. The zero-order valence-corrected chi connectivity index (χ0v) is 12.4. The minimum Gasteiger partial charge on any atom is -0.378 e. The van der Waals surface area contributed by atoms with Crippen LogP contribution in [0.1, 0.15) is 67.7 Å². The van der Waals surface area contributed by atoms with E-state index in [2.05, 4.69) is 18.2 Å². The van der Waals surface area contributed by atoms with E-state index in [1.54, 1.807) is 5.56 Å². The van der Waals surface area contributed by atoms with E-state index in [0.717, 1.165) is 19.4 Å². The largest absolute Gasteiger partial charge is 0.378 e. The second kappa shape index (κ2) is 6.73. The molecule has 20 heavy (non-hydrogen) atoms. The van der Waals surface area contributed by atoms with Crippen molar-refractivity contribution in [2.45, 2.75) is 69.9 Å². The molecule has 0 aromatic heterocycles. The molecule has 2 atom stereocenters. The number of nitrogens with two attached hydrogens (primary N) is 1. The minimum atomic E-state index is 0.174. The summed E-state index contributed by atoms with van der Waals surface area (Å²) in [6.07, 6.45) is 11.5.